The van der Waals surface area contributed by atoms with Gasteiger partial charge in [-0.1, -0.05) is 24.8 Å². The van der Waals surface area contributed by atoms with Crippen LogP contribution in [0.2, 0.25) is 0 Å². The fraction of sp³-hybridized carbons (Fsp3) is 0.400. The van der Waals surface area contributed by atoms with Gasteiger partial charge in [-0.3, -0.25) is 4.79 Å². The molecule has 96 valence electrons. The summed E-state index contributed by atoms with van der Waals surface area (Å²) in [5, 5.41) is 8.75. The standard InChI is InChI=1S/C15H19NO2/c1-4-9-16(3)15(18)14-8-7-12(2)11-13(14)6-5-10-17/h7-8,11,17H,4,9-10H2,1-3H3. The normalized spacial score (nSPS) is 9.56. The fourth-order valence-corrected chi connectivity index (χ4v) is 1.73. The van der Waals surface area contributed by atoms with Crippen molar-refractivity contribution in [3.63, 3.8) is 0 Å². The van der Waals surface area contributed by atoms with Gasteiger partial charge < -0.3 is 10.0 Å². The highest BCUT2D eigenvalue weighted by molar-refractivity contribution is 5.96. The minimum absolute atomic E-state index is 0.0286. The lowest BCUT2D eigenvalue weighted by molar-refractivity contribution is 0.0795. The number of hydrogen-bond donors (Lipinski definition) is 1. The van der Waals surface area contributed by atoms with Crippen LogP contribution in [-0.2, 0) is 0 Å². The van der Waals surface area contributed by atoms with E-state index in [0.29, 0.717) is 11.1 Å². The zero-order valence-corrected chi connectivity index (χ0v) is 11.2. The predicted molar refractivity (Wildman–Crippen MR) is 72.4 cm³/mol. The Bertz CT molecular complexity index is 483. The van der Waals surface area contributed by atoms with Crippen molar-refractivity contribution < 1.29 is 9.90 Å². The molecule has 3 heteroatoms. The van der Waals surface area contributed by atoms with Crippen LogP contribution in [0, 0.1) is 18.8 Å². The second-order valence-corrected chi connectivity index (χ2v) is 4.24. The van der Waals surface area contributed by atoms with E-state index in [2.05, 4.69) is 11.8 Å². The first-order valence-corrected chi connectivity index (χ1v) is 6.06. The largest absolute Gasteiger partial charge is 0.384 e. The molecule has 0 atom stereocenters. The molecule has 0 heterocycles. The minimum atomic E-state index is -0.202. The Balaban J connectivity index is 3.11. The first-order chi connectivity index (χ1) is 8.60. The Morgan fingerprint density at radius 3 is 2.78 bits per heavy atom. The summed E-state index contributed by atoms with van der Waals surface area (Å²) in [5.41, 5.74) is 2.32. The third-order valence-corrected chi connectivity index (χ3v) is 2.61. The molecule has 1 aromatic rings. The van der Waals surface area contributed by atoms with Crippen LogP contribution in [0.4, 0.5) is 0 Å². The summed E-state index contributed by atoms with van der Waals surface area (Å²) in [6, 6.07) is 5.57. The number of nitrogens with zero attached hydrogens (tertiary/aromatic N) is 1. The molecule has 0 aromatic heterocycles. The highest BCUT2D eigenvalue weighted by Crippen LogP contribution is 2.13. The van der Waals surface area contributed by atoms with Crippen LogP contribution >= 0.6 is 0 Å². The maximum Gasteiger partial charge on any atom is 0.254 e. The Morgan fingerprint density at radius 2 is 2.17 bits per heavy atom. The van der Waals surface area contributed by atoms with Crippen LogP contribution in [0.15, 0.2) is 18.2 Å². The molecule has 0 unspecified atom stereocenters. The molecule has 0 spiro atoms. The average Bonchev–Trinajstić information content (AvgIpc) is 2.36. The lowest BCUT2D eigenvalue weighted by atomic mass is 10.0. The van der Waals surface area contributed by atoms with Gasteiger partial charge in [0.2, 0.25) is 0 Å². The maximum atomic E-state index is 12.2. The van der Waals surface area contributed by atoms with E-state index in [-0.39, 0.29) is 12.5 Å². The molecule has 0 aliphatic heterocycles. The Kier molecular flexibility index (Phi) is 5.41. The molecule has 18 heavy (non-hydrogen) atoms. The van der Waals surface area contributed by atoms with E-state index in [1.54, 1.807) is 18.0 Å². The number of benzene rings is 1. The minimum Gasteiger partial charge on any atom is -0.384 e. The monoisotopic (exact) mass is 245 g/mol. The highest BCUT2D eigenvalue weighted by atomic mass is 16.2. The molecule has 3 nitrogen and oxygen atoms in total. The molecule has 0 aliphatic rings. The van der Waals surface area contributed by atoms with Gasteiger partial charge in [0, 0.05) is 19.2 Å². The summed E-state index contributed by atoms with van der Waals surface area (Å²) >= 11 is 0. The summed E-state index contributed by atoms with van der Waals surface area (Å²) in [6.07, 6.45) is 0.922. The first-order valence-electron chi connectivity index (χ1n) is 6.06. The third-order valence-electron chi connectivity index (χ3n) is 2.61. The SMILES string of the molecule is CCCN(C)C(=O)c1ccc(C)cc1C#CCO. The molecule has 0 aliphatic carbocycles. The number of hydrogen-bond acceptors (Lipinski definition) is 2. The van der Waals surface area contributed by atoms with Gasteiger partial charge in [-0.05, 0) is 31.0 Å². The van der Waals surface area contributed by atoms with Gasteiger partial charge in [-0.15, -0.1) is 0 Å². The van der Waals surface area contributed by atoms with Crippen LogP contribution in [-0.4, -0.2) is 36.1 Å². The lowest BCUT2D eigenvalue weighted by Gasteiger charge is -2.17. The summed E-state index contributed by atoms with van der Waals surface area (Å²) in [7, 11) is 1.79. The molecule has 0 saturated carbocycles. The van der Waals surface area contributed by atoms with Crippen molar-refractivity contribution in [2.24, 2.45) is 0 Å². The number of amides is 1. The predicted octanol–water partition coefficient (Wildman–Crippen LogP) is 1.82. The summed E-state index contributed by atoms with van der Waals surface area (Å²) in [6.45, 7) is 4.51. The molecule has 1 aromatic carbocycles. The number of rotatable bonds is 3. The first kappa shape index (κ1) is 14.3. The molecule has 0 bridgehead atoms. The molecule has 0 fully saturated rings. The van der Waals surface area contributed by atoms with Crippen molar-refractivity contribution in [2.45, 2.75) is 20.3 Å². The molecule has 1 rings (SSSR count). The highest BCUT2D eigenvalue weighted by Gasteiger charge is 2.14. The van der Waals surface area contributed by atoms with Crippen molar-refractivity contribution in [3.05, 3.63) is 34.9 Å². The second kappa shape index (κ2) is 6.83. The van der Waals surface area contributed by atoms with E-state index in [1.165, 1.54) is 0 Å². The summed E-state index contributed by atoms with van der Waals surface area (Å²) in [5.74, 6) is 5.40. The van der Waals surface area contributed by atoms with Crippen LogP contribution in [0.3, 0.4) is 0 Å². The van der Waals surface area contributed by atoms with Gasteiger partial charge in [0.05, 0.1) is 5.56 Å². The van der Waals surface area contributed by atoms with Crippen molar-refractivity contribution in [1.29, 1.82) is 0 Å². The van der Waals surface area contributed by atoms with Gasteiger partial charge in [-0.2, -0.15) is 0 Å². The van der Waals surface area contributed by atoms with Crippen molar-refractivity contribution in [2.75, 3.05) is 20.2 Å². The summed E-state index contributed by atoms with van der Waals surface area (Å²) in [4.78, 5) is 13.9. The Hall–Kier alpha value is -1.79. The number of carbonyl (C=O) groups is 1. The zero-order chi connectivity index (χ0) is 13.5. The van der Waals surface area contributed by atoms with E-state index in [1.807, 2.05) is 26.0 Å². The summed E-state index contributed by atoms with van der Waals surface area (Å²) < 4.78 is 0. The average molecular weight is 245 g/mol. The van der Waals surface area contributed by atoms with Gasteiger partial charge in [-0.25, -0.2) is 0 Å². The van der Waals surface area contributed by atoms with Crippen LogP contribution in [0.25, 0.3) is 0 Å². The van der Waals surface area contributed by atoms with Gasteiger partial charge in [0.15, 0.2) is 0 Å². The van der Waals surface area contributed by atoms with Crippen molar-refractivity contribution >= 4 is 5.91 Å². The molecular weight excluding hydrogens is 226 g/mol. The molecule has 1 N–H and O–H groups in total. The van der Waals surface area contributed by atoms with Gasteiger partial charge in [0.25, 0.3) is 5.91 Å². The lowest BCUT2D eigenvalue weighted by Crippen LogP contribution is -2.28. The van der Waals surface area contributed by atoms with E-state index >= 15 is 0 Å². The van der Waals surface area contributed by atoms with Crippen molar-refractivity contribution in [3.8, 4) is 11.8 Å². The van der Waals surface area contributed by atoms with Gasteiger partial charge >= 0.3 is 0 Å². The van der Waals surface area contributed by atoms with Crippen molar-refractivity contribution in [1.82, 2.24) is 4.90 Å². The second-order valence-electron chi connectivity index (χ2n) is 4.24. The number of carbonyl (C=O) groups excluding carboxylic acids is 1. The zero-order valence-electron chi connectivity index (χ0n) is 11.2. The molecule has 0 saturated heterocycles. The number of aliphatic hydroxyl groups excluding tert-OH is 1. The topological polar surface area (TPSA) is 40.5 Å². The van der Waals surface area contributed by atoms with Crippen LogP contribution < -0.4 is 0 Å². The molecule has 1 amide bonds. The third kappa shape index (κ3) is 3.61. The quantitative estimate of drug-likeness (QED) is 0.825. The Labute approximate surface area is 108 Å². The smallest absolute Gasteiger partial charge is 0.254 e. The fourth-order valence-electron chi connectivity index (χ4n) is 1.73. The number of aliphatic hydroxyl groups is 1. The van der Waals surface area contributed by atoms with E-state index in [0.717, 1.165) is 18.5 Å². The van der Waals surface area contributed by atoms with Crippen LogP contribution in [0.5, 0.6) is 0 Å². The van der Waals surface area contributed by atoms with Gasteiger partial charge in [0.1, 0.15) is 6.61 Å². The molecular formula is C15H19NO2. The van der Waals surface area contributed by atoms with E-state index in [4.69, 9.17) is 5.11 Å². The number of aryl methyl sites for hydroxylation is 1. The van der Waals surface area contributed by atoms with E-state index < -0.39 is 0 Å². The van der Waals surface area contributed by atoms with Crippen LogP contribution in [0.1, 0.15) is 34.8 Å². The Morgan fingerprint density at radius 1 is 1.44 bits per heavy atom. The van der Waals surface area contributed by atoms with E-state index in [9.17, 15) is 4.79 Å². The maximum absolute atomic E-state index is 12.2. The molecule has 0 radical (unpaired) electrons.